The maximum absolute atomic E-state index is 11.9. The van der Waals surface area contributed by atoms with Crippen LogP contribution < -0.4 is 10.9 Å². The highest BCUT2D eigenvalue weighted by Gasteiger charge is 2.12. The van der Waals surface area contributed by atoms with Crippen LogP contribution in [-0.2, 0) is 29.0 Å². The van der Waals surface area contributed by atoms with E-state index >= 15 is 0 Å². The van der Waals surface area contributed by atoms with Gasteiger partial charge in [-0.2, -0.15) is 5.10 Å². The van der Waals surface area contributed by atoms with Crippen LogP contribution in [0.5, 0.6) is 0 Å². The van der Waals surface area contributed by atoms with Crippen molar-refractivity contribution < 1.29 is 9.47 Å². The molecule has 1 aromatic heterocycles. The van der Waals surface area contributed by atoms with Gasteiger partial charge < -0.3 is 14.8 Å². The van der Waals surface area contributed by atoms with E-state index in [1.54, 1.807) is 13.2 Å². The Morgan fingerprint density at radius 3 is 3.16 bits per heavy atom. The topological polar surface area (TPSA) is 65.4 Å². The van der Waals surface area contributed by atoms with Gasteiger partial charge in [0.25, 0.3) is 5.56 Å². The van der Waals surface area contributed by atoms with Gasteiger partial charge in [0.1, 0.15) is 0 Å². The van der Waals surface area contributed by atoms with Crippen molar-refractivity contribution in [2.45, 2.75) is 25.9 Å². The molecule has 0 aliphatic carbocycles. The summed E-state index contributed by atoms with van der Waals surface area (Å²) in [4.78, 5) is 11.9. The molecule has 0 aromatic carbocycles. The van der Waals surface area contributed by atoms with E-state index in [1.807, 2.05) is 0 Å². The van der Waals surface area contributed by atoms with Gasteiger partial charge in [0.05, 0.1) is 18.8 Å². The molecule has 0 radical (unpaired) electrons. The second-order valence-electron chi connectivity index (χ2n) is 4.56. The van der Waals surface area contributed by atoms with Crippen LogP contribution in [0, 0.1) is 0 Å². The Kier molecular flexibility index (Phi) is 5.50. The lowest BCUT2D eigenvalue weighted by molar-refractivity contribution is 0.0952. The zero-order valence-corrected chi connectivity index (χ0v) is 11.4. The van der Waals surface area contributed by atoms with E-state index in [9.17, 15) is 4.79 Å². The Bertz CT molecular complexity index is 459. The number of nitrogens with one attached hydrogen (secondary N) is 1. The van der Waals surface area contributed by atoms with Crippen LogP contribution in [0.2, 0.25) is 0 Å². The minimum absolute atomic E-state index is 0.0528. The summed E-state index contributed by atoms with van der Waals surface area (Å²) in [5, 5.41) is 7.64. The average Bonchev–Trinajstić information content (AvgIpc) is 2.43. The lowest BCUT2D eigenvalue weighted by atomic mass is 10.1. The summed E-state index contributed by atoms with van der Waals surface area (Å²) in [7, 11) is 1.67. The molecule has 0 spiro atoms. The van der Waals surface area contributed by atoms with E-state index < -0.39 is 0 Å². The first kappa shape index (κ1) is 14.2. The van der Waals surface area contributed by atoms with Crippen LogP contribution in [0.25, 0.3) is 0 Å². The first-order chi connectivity index (χ1) is 9.31. The summed E-state index contributed by atoms with van der Waals surface area (Å²) in [5.41, 5.74) is 1.99. The van der Waals surface area contributed by atoms with Gasteiger partial charge in [0.2, 0.25) is 0 Å². The highest BCUT2D eigenvalue weighted by molar-refractivity contribution is 5.20. The molecular formula is C13H21N3O3. The van der Waals surface area contributed by atoms with Crippen molar-refractivity contribution in [1.29, 1.82) is 0 Å². The molecule has 1 aliphatic heterocycles. The number of ether oxygens (including phenoxy) is 2. The Morgan fingerprint density at radius 2 is 2.32 bits per heavy atom. The van der Waals surface area contributed by atoms with Gasteiger partial charge in [-0.25, -0.2) is 4.68 Å². The van der Waals surface area contributed by atoms with E-state index in [0.29, 0.717) is 26.4 Å². The Morgan fingerprint density at radius 1 is 1.42 bits per heavy atom. The second kappa shape index (κ2) is 7.37. The van der Waals surface area contributed by atoms with E-state index in [-0.39, 0.29) is 5.56 Å². The van der Waals surface area contributed by atoms with Crippen molar-refractivity contribution in [3.05, 3.63) is 27.7 Å². The Hall–Kier alpha value is -1.24. The average molecular weight is 267 g/mol. The number of rotatable bonds is 7. The molecular weight excluding hydrogens is 246 g/mol. The molecule has 2 rings (SSSR count). The lowest BCUT2D eigenvalue weighted by Crippen LogP contribution is -2.32. The molecule has 0 fully saturated rings. The maximum Gasteiger partial charge on any atom is 0.267 e. The van der Waals surface area contributed by atoms with Crippen molar-refractivity contribution in [2.24, 2.45) is 0 Å². The highest BCUT2D eigenvalue weighted by atomic mass is 16.5. The van der Waals surface area contributed by atoms with Crippen LogP contribution >= 0.6 is 0 Å². The molecule has 0 saturated heterocycles. The molecule has 0 saturated carbocycles. The molecule has 0 amide bonds. The summed E-state index contributed by atoms with van der Waals surface area (Å²) in [5.74, 6) is 0. The molecule has 1 aromatic rings. The molecule has 6 nitrogen and oxygen atoms in total. The second-order valence-corrected chi connectivity index (χ2v) is 4.56. The van der Waals surface area contributed by atoms with Crippen LogP contribution in [0.3, 0.4) is 0 Å². The minimum Gasteiger partial charge on any atom is -0.385 e. The fourth-order valence-electron chi connectivity index (χ4n) is 2.08. The first-order valence-electron chi connectivity index (χ1n) is 6.68. The molecule has 1 N–H and O–H groups in total. The molecule has 2 heterocycles. The summed E-state index contributed by atoms with van der Waals surface area (Å²) in [6.45, 7) is 4.03. The number of aromatic nitrogens is 2. The van der Waals surface area contributed by atoms with E-state index in [0.717, 1.165) is 37.2 Å². The van der Waals surface area contributed by atoms with Crippen molar-refractivity contribution in [1.82, 2.24) is 15.1 Å². The maximum atomic E-state index is 11.9. The van der Waals surface area contributed by atoms with Gasteiger partial charge in [-0.3, -0.25) is 4.79 Å². The largest absolute Gasteiger partial charge is 0.385 e. The SMILES string of the molecule is COCCCOCCn1nc2c(cc1=O)CNCC2. The Labute approximate surface area is 112 Å². The molecule has 6 heteroatoms. The number of fused-ring (bicyclic) bond motifs is 1. The summed E-state index contributed by atoms with van der Waals surface area (Å²) >= 11 is 0. The van der Waals surface area contributed by atoms with Crippen molar-refractivity contribution in [3.8, 4) is 0 Å². The van der Waals surface area contributed by atoms with Gasteiger partial charge in [-0.1, -0.05) is 0 Å². The molecule has 0 bridgehead atoms. The van der Waals surface area contributed by atoms with Gasteiger partial charge >= 0.3 is 0 Å². The van der Waals surface area contributed by atoms with E-state index in [1.165, 1.54) is 4.68 Å². The van der Waals surface area contributed by atoms with Crippen LogP contribution in [0.15, 0.2) is 10.9 Å². The standard InChI is InChI=1S/C13H21N3O3/c1-18-6-2-7-19-8-5-16-13(17)9-11-10-14-4-3-12(11)15-16/h9,14H,2-8,10H2,1H3. The number of hydrogen-bond donors (Lipinski definition) is 1. The van der Waals surface area contributed by atoms with Gasteiger partial charge in [-0.15, -0.1) is 0 Å². The van der Waals surface area contributed by atoms with Crippen LogP contribution in [-0.4, -0.2) is 43.3 Å². The Balaban J connectivity index is 1.85. The number of hydrogen-bond acceptors (Lipinski definition) is 5. The van der Waals surface area contributed by atoms with Crippen LogP contribution in [0.1, 0.15) is 17.7 Å². The number of methoxy groups -OCH3 is 1. The fourth-order valence-corrected chi connectivity index (χ4v) is 2.08. The highest BCUT2D eigenvalue weighted by Crippen LogP contribution is 2.07. The smallest absolute Gasteiger partial charge is 0.267 e. The molecule has 19 heavy (non-hydrogen) atoms. The van der Waals surface area contributed by atoms with E-state index in [2.05, 4.69) is 10.4 Å². The quantitative estimate of drug-likeness (QED) is 0.701. The van der Waals surface area contributed by atoms with Crippen LogP contribution in [0.4, 0.5) is 0 Å². The molecule has 0 unspecified atom stereocenters. The molecule has 0 atom stereocenters. The summed E-state index contributed by atoms with van der Waals surface area (Å²) in [6.07, 6.45) is 1.75. The zero-order valence-electron chi connectivity index (χ0n) is 11.4. The molecule has 106 valence electrons. The third-order valence-electron chi connectivity index (χ3n) is 3.10. The third kappa shape index (κ3) is 4.12. The minimum atomic E-state index is -0.0528. The predicted molar refractivity (Wildman–Crippen MR) is 71.2 cm³/mol. The first-order valence-corrected chi connectivity index (χ1v) is 6.68. The monoisotopic (exact) mass is 267 g/mol. The summed E-state index contributed by atoms with van der Waals surface area (Å²) < 4.78 is 11.9. The van der Waals surface area contributed by atoms with Crippen molar-refractivity contribution in [3.63, 3.8) is 0 Å². The van der Waals surface area contributed by atoms with Crippen molar-refractivity contribution in [2.75, 3.05) is 33.5 Å². The normalized spacial score (nSPS) is 14.4. The van der Waals surface area contributed by atoms with Crippen molar-refractivity contribution >= 4 is 0 Å². The molecule has 1 aliphatic rings. The summed E-state index contributed by atoms with van der Waals surface area (Å²) in [6, 6.07) is 1.68. The zero-order chi connectivity index (χ0) is 13.5. The van der Waals surface area contributed by atoms with Gasteiger partial charge in [-0.05, 0) is 12.0 Å². The number of nitrogens with zero attached hydrogens (tertiary/aromatic N) is 2. The van der Waals surface area contributed by atoms with Gasteiger partial charge in [0, 0.05) is 45.9 Å². The van der Waals surface area contributed by atoms with E-state index in [4.69, 9.17) is 9.47 Å². The third-order valence-corrected chi connectivity index (χ3v) is 3.10. The fraction of sp³-hybridized carbons (Fsp3) is 0.692. The lowest BCUT2D eigenvalue weighted by Gasteiger charge is -2.17. The van der Waals surface area contributed by atoms with Gasteiger partial charge in [0.15, 0.2) is 0 Å². The predicted octanol–water partition coefficient (Wildman–Crippen LogP) is -0.0579.